The van der Waals surface area contributed by atoms with E-state index in [4.69, 9.17) is 14.2 Å². The van der Waals surface area contributed by atoms with Gasteiger partial charge in [0.2, 0.25) is 0 Å². The fourth-order valence-electron chi connectivity index (χ4n) is 1.98. The van der Waals surface area contributed by atoms with Crippen molar-refractivity contribution in [1.82, 2.24) is 0 Å². The zero-order valence-corrected chi connectivity index (χ0v) is 10.0. The molecule has 0 radical (unpaired) electrons. The first-order valence-corrected chi connectivity index (χ1v) is 5.63. The van der Waals surface area contributed by atoms with Crippen LogP contribution in [-0.4, -0.2) is 32.4 Å². The lowest BCUT2D eigenvalue weighted by Crippen LogP contribution is -2.25. The van der Waals surface area contributed by atoms with E-state index in [0.717, 1.165) is 5.56 Å². The molecule has 2 rings (SSSR count). The van der Waals surface area contributed by atoms with Crippen LogP contribution < -0.4 is 0 Å². The zero-order chi connectivity index (χ0) is 12.3. The molecule has 0 aliphatic carbocycles. The van der Waals surface area contributed by atoms with Gasteiger partial charge in [0, 0.05) is 7.11 Å². The number of benzene rings is 1. The highest BCUT2D eigenvalue weighted by Crippen LogP contribution is 2.47. The minimum absolute atomic E-state index is 0.326. The maximum atomic E-state index is 11.7. The standard InChI is InChI=1S/C13H16O4/c1-3-16-12(14)11-13(17-11,9-15-2)10-7-5-4-6-8-10/h4-8,11H,3,9H2,1-2H3. The molecule has 0 saturated carbocycles. The molecule has 0 amide bonds. The van der Waals surface area contributed by atoms with E-state index < -0.39 is 11.7 Å². The topological polar surface area (TPSA) is 48.1 Å². The molecule has 1 aliphatic heterocycles. The molecule has 0 spiro atoms. The van der Waals surface area contributed by atoms with Crippen LogP contribution >= 0.6 is 0 Å². The van der Waals surface area contributed by atoms with Crippen molar-refractivity contribution in [1.29, 1.82) is 0 Å². The van der Waals surface area contributed by atoms with Gasteiger partial charge in [-0.1, -0.05) is 30.3 Å². The molecule has 17 heavy (non-hydrogen) atoms. The Morgan fingerprint density at radius 3 is 2.71 bits per heavy atom. The summed E-state index contributed by atoms with van der Waals surface area (Å²) in [6.45, 7) is 2.48. The molecule has 0 bridgehead atoms. The summed E-state index contributed by atoms with van der Waals surface area (Å²) >= 11 is 0. The molecular weight excluding hydrogens is 220 g/mol. The molecule has 2 atom stereocenters. The van der Waals surface area contributed by atoms with Gasteiger partial charge in [0.1, 0.15) is 0 Å². The quantitative estimate of drug-likeness (QED) is 0.574. The van der Waals surface area contributed by atoms with Crippen molar-refractivity contribution >= 4 is 5.97 Å². The minimum atomic E-state index is -0.664. The van der Waals surface area contributed by atoms with Crippen molar-refractivity contribution in [2.24, 2.45) is 0 Å². The number of methoxy groups -OCH3 is 1. The number of carbonyl (C=O) groups excluding carboxylic acids is 1. The van der Waals surface area contributed by atoms with E-state index in [1.807, 2.05) is 30.3 Å². The number of rotatable bonds is 5. The van der Waals surface area contributed by atoms with Crippen molar-refractivity contribution in [2.45, 2.75) is 18.6 Å². The fourth-order valence-corrected chi connectivity index (χ4v) is 1.98. The third-order valence-electron chi connectivity index (χ3n) is 2.82. The molecule has 0 N–H and O–H groups in total. The van der Waals surface area contributed by atoms with Crippen LogP contribution in [0.4, 0.5) is 0 Å². The average molecular weight is 236 g/mol. The van der Waals surface area contributed by atoms with Gasteiger partial charge in [-0.15, -0.1) is 0 Å². The predicted molar refractivity (Wildman–Crippen MR) is 61.5 cm³/mol. The largest absolute Gasteiger partial charge is 0.464 e. The monoisotopic (exact) mass is 236 g/mol. The van der Waals surface area contributed by atoms with Crippen LogP contribution in [-0.2, 0) is 24.6 Å². The number of esters is 1. The van der Waals surface area contributed by atoms with Gasteiger partial charge in [-0.2, -0.15) is 0 Å². The lowest BCUT2D eigenvalue weighted by molar-refractivity contribution is -0.144. The van der Waals surface area contributed by atoms with E-state index in [-0.39, 0.29) is 5.97 Å². The smallest absolute Gasteiger partial charge is 0.338 e. The van der Waals surface area contributed by atoms with Crippen molar-refractivity contribution in [3.8, 4) is 0 Å². The van der Waals surface area contributed by atoms with Crippen LogP contribution in [0.2, 0.25) is 0 Å². The lowest BCUT2D eigenvalue weighted by atomic mass is 9.96. The first-order chi connectivity index (χ1) is 8.24. The second-order valence-corrected chi connectivity index (χ2v) is 3.94. The van der Waals surface area contributed by atoms with Gasteiger partial charge in [-0.25, -0.2) is 4.79 Å². The van der Waals surface area contributed by atoms with Crippen LogP contribution in [0.5, 0.6) is 0 Å². The van der Waals surface area contributed by atoms with E-state index in [1.165, 1.54) is 0 Å². The SMILES string of the molecule is CCOC(=O)C1OC1(COC)c1ccccc1. The summed E-state index contributed by atoms with van der Waals surface area (Å²) < 4.78 is 15.7. The summed E-state index contributed by atoms with van der Waals surface area (Å²) in [5.74, 6) is -0.326. The maximum absolute atomic E-state index is 11.7. The molecule has 1 aromatic rings. The van der Waals surface area contributed by atoms with Gasteiger partial charge in [-0.3, -0.25) is 0 Å². The molecule has 4 heteroatoms. The van der Waals surface area contributed by atoms with Gasteiger partial charge in [0.05, 0.1) is 13.2 Å². The molecule has 4 nitrogen and oxygen atoms in total. The Morgan fingerprint density at radius 1 is 1.41 bits per heavy atom. The predicted octanol–water partition coefficient (Wildman–Crippen LogP) is 1.49. The van der Waals surface area contributed by atoms with Gasteiger partial charge in [0.25, 0.3) is 0 Å². The molecular formula is C13H16O4. The summed E-state index contributed by atoms with van der Waals surface area (Å²) in [6, 6.07) is 9.61. The number of ether oxygens (including phenoxy) is 3. The third-order valence-corrected chi connectivity index (χ3v) is 2.82. The van der Waals surface area contributed by atoms with Gasteiger partial charge in [-0.05, 0) is 12.5 Å². The van der Waals surface area contributed by atoms with Crippen molar-refractivity contribution in [2.75, 3.05) is 20.3 Å². The van der Waals surface area contributed by atoms with Crippen LogP contribution in [0.3, 0.4) is 0 Å². The maximum Gasteiger partial charge on any atom is 0.338 e. The van der Waals surface area contributed by atoms with Crippen LogP contribution in [0.25, 0.3) is 0 Å². The Balaban J connectivity index is 2.18. The van der Waals surface area contributed by atoms with Crippen molar-refractivity contribution < 1.29 is 19.0 Å². The zero-order valence-electron chi connectivity index (χ0n) is 10.0. The highest BCUT2D eigenvalue weighted by Gasteiger charge is 2.63. The van der Waals surface area contributed by atoms with Crippen LogP contribution in [0.1, 0.15) is 12.5 Å². The Hall–Kier alpha value is -1.39. The van der Waals surface area contributed by atoms with Gasteiger partial charge < -0.3 is 14.2 Å². The Kier molecular flexibility index (Phi) is 3.45. The third kappa shape index (κ3) is 2.18. The molecule has 92 valence electrons. The van der Waals surface area contributed by atoms with E-state index in [1.54, 1.807) is 14.0 Å². The number of hydrogen-bond donors (Lipinski definition) is 0. The summed E-state index contributed by atoms with van der Waals surface area (Å²) in [7, 11) is 1.59. The normalized spacial score (nSPS) is 26.6. The van der Waals surface area contributed by atoms with E-state index in [0.29, 0.717) is 13.2 Å². The number of hydrogen-bond acceptors (Lipinski definition) is 4. The summed E-state index contributed by atoms with van der Waals surface area (Å²) in [6.07, 6.45) is -0.551. The number of epoxide rings is 1. The Labute approximate surface area is 100 Å². The van der Waals surface area contributed by atoms with Crippen molar-refractivity contribution in [3.05, 3.63) is 35.9 Å². The highest BCUT2D eigenvalue weighted by atomic mass is 16.7. The van der Waals surface area contributed by atoms with Gasteiger partial charge in [0.15, 0.2) is 11.7 Å². The molecule has 0 aromatic heterocycles. The van der Waals surface area contributed by atoms with E-state index >= 15 is 0 Å². The summed E-state index contributed by atoms with van der Waals surface area (Å²) in [5.41, 5.74) is 0.280. The Bertz CT molecular complexity index is 390. The van der Waals surface area contributed by atoms with E-state index in [9.17, 15) is 4.79 Å². The highest BCUT2D eigenvalue weighted by molar-refractivity contribution is 5.80. The average Bonchev–Trinajstić information content (AvgIpc) is 3.07. The first-order valence-electron chi connectivity index (χ1n) is 5.63. The summed E-state index contributed by atoms with van der Waals surface area (Å²) in [4.78, 5) is 11.7. The molecule has 1 saturated heterocycles. The molecule has 2 unspecified atom stereocenters. The fraction of sp³-hybridized carbons (Fsp3) is 0.462. The van der Waals surface area contributed by atoms with E-state index in [2.05, 4.69) is 0 Å². The van der Waals surface area contributed by atoms with Crippen LogP contribution in [0.15, 0.2) is 30.3 Å². The molecule has 1 aromatic carbocycles. The molecule has 1 heterocycles. The lowest BCUT2D eigenvalue weighted by Gasteiger charge is -2.11. The number of carbonyl (C=O) groups is 1. The van der Waals surface area contributed by atoms with Gasteiger partial charge >= 0.3 is 5.97 Å². The first kappa shape index (κ1) is 12.1. The second kappa shape index (κ2) is 4.85. The van der Waals surface area contributed by atoms with Crippen molar-refractivity contribution in [3.63, 3.8) is 0 Å². The van der Waals surface area contributed by atoms with Crippen LogP contribution in [0, 0.1) is 0 Å². The summed E-state index contributed by atoms with van der Waals surface area (Å²) in [5, 5.41) is 0. The Morgan fingerprint density at radius 2 is 2.12 bits per heavy atom. The second-order valence-electron chi connectivity index (χ2n) is 3.94. The minimum Gasteiger partial charge on any atom is -0.464 e. The molecule has 1 fully saturated rings. The molecule has 1 aliphatic rings.